The highest BCUT2D eigenvalue weighted by Crippen LogP contribution is 2.20. The van der Waals surface area contributed by atoms with Crippen LogP contribution >= 0.6 is 0 Å². The van der Waals surface area contributed by atoms with E-state index in [4.69, 9.17) is 15.9 Å². The summed E-state index contributed by atoms with van der Waals surface area (Å²) in [4.78, 5) is 0. The molecule has 0 aromatic rings. The van der Waals surface area contributed by atoms with Crippen molar-refractivity contribution in [2.24, 2.45) is 5.92 Å². The third-order valence-electron chi connectivity index (χ3n) is 6.88. The molecule has 2 atom stereocenters. The molecule has 0 N–H and O–H groups in total. The lowest BCUT2D eigenvalue weighted by molar-refractivity contribution is -0.167. The molecule has 0 aromatic heterocycles. The highest BCUT2D eigenvalue weighted by Gasteiger charge is 2.24. The van der Waals surface area contributed by atoms with Gasteiger partial charge in [-0.05, 0) is 61.4 Å². The Balaban J connectivity index is 0.000000734. The van der Waals surface area contributed by atoms with Crippen LogP contribution in [0, 0.1) is 29.3 Å². The van der Waals surface area contributed by atoms with Gasteiger partial charge in [0.2, 0.25) is 0 Å². The maximum Gasteiger partial charge on any atom is 0.157 e. The Morgan fingerprint density at radius 3 is 1.86 bits per heavy atom. The second kappa shape index (κ2) is 16.2. The molecule has 0 aliphatic carbocycles. The number of terminal acetylenes is 1. The molecule has 168 valence electrons. The Labute approximate surface area is 184 Å². The van der Waals surface area contributed by atoms with Gasteiger partial charge in [0.25, 0.3) is 0 Å². The van der Waals surface area contributed by atoms with E-state index < -0.39 is 16.1 Å². The van der Waals surface area contributed by atoms with E-state index in [1.165, 1.54) is 49.1 Å². The molecule has 4 heteroatoms. The van der Waals surface area contributed by atoms with Crippen LogP contribution in [0.25, 0.3) is 0 Å². The largest absolute Gasteiger partial charge is 0.353 e. The topological polar surface area (TPSA) is 18.5 Å². The number of hydrogen-bond donors (Lipinski definition) is 0. The molecular weight excluding hydrogens is 388 g/mol. The van der Waals surface area contributed by atoms with Crippen molar-refractivity contribution in [3.63, 3.8) is 0 Å². The predicted molar refractivity (Wildman–Crippen MR) is 134 cm³/mol. The van der Waals surface area contributed by atoms with E-state index in [1.807, 2.05) is 0 Å². The Morgan fingerprint density at radius 1 is 0.931 bits per heavy atom. The van der Waals surface area contributed by atoms with Crippen LogP contribution in [-0.4, -0.2) is 35.7 Å². The first-order valence-electron chi connectivity index (χ1n) is 12.1. The van der Waals surface area contributed by atoms with Crippen molar-refractivity contribution in [3.05, 3.63) is 0 Å². The van der Waals surface area contributed by atoms with E-state index in [0.29, 0.717) is 5.92 Å². The van der Waals surface area contributed by atoms with Gasteiger partial charge in [-0.3, -0.25) is 0 Å². The van der Waals surface area contributed by atoms with Gasteiger partial charge >= 0.3 is 0 Å². The molecule has 1 aliphatic heterocycles. The van der Waals surface area contributed by atoms with E-state index >= 15 is 0 Å². The van der Waals surface area contributed by atoms with Gasteiger partial charge in [-0.2, -0.15) is 0 Å². The normalized spacial score (nSPS) is 17.9. The molecule has 1 rings (SSSR count). The predicted octanol–water partition coefficient (Wildman–Crippen LogP) is 7.27. The summed E-state index contributed by atoms with van der Waals surface area (Å²) in [5, 5.41) is 0. The molecule has 0 bridgehead atoms. The van der Waals surface area contributed by atoms with Crippen LogP contribution in [0.5, 0.6) is 0 Å². The average Bonchev–Trinajstić information content (AvgIpc) is 2.79. The molecule has 1 aliphatic rings. The first kappa shape index (κ1) is 28.5. The third-order valence-corrected chi connectivity index (χ3v) is 16.3. The van der Waals surface area contributed by atoms with Gasteiger partial charge in [-0.15, -0.1) is 23.4 Å². The molecule has 2 nitrogen and oxygen atoms in total. The molecule has 1 heterocycles. The van der Waals surface area contributed by atoms with Gasteiger partial charge < -0.3 is 9.47 Å². The Hall–Kier alpha value is -0.526. The smallest absolute Gasteiger partial charge is 0.157 e. The molecule has 0 radical (unpaired) electrons. The van der Waals surface area contributed by atoms with Gasteiger partial charge in [-0.1, -0.05) is 48.5 Å². The average molecular weight is 437 g/mol. The minimum atomic E-state index is -1.27. The molecule has 0 aromatic carbocycles. The van der Waals surface area contributed by atoms with Crippen molar-refractivity contribution in [2.45, 2.75) is 117 Å². The number of ether oxygens (including phenoxy) is 2. The molecule has 1 saturated heterocycles. The monoisotopic (exact) mass is 436 g/mol. The van der Waals surface area contributed by atoms with Crippen LogP contribution in [0.15, 0.2) is 0 Å². The molecule has 0 saturated carbocycles. The van der Waals surface area contributed by atoms with Gasteiger partial charge in [0, 0.05) is 13.0 Å². The first-order valence-corrected chi connectivity index (χ1v) is 17.3. The summed E-state index contributed by atoms with van der Waals surface area (Å²) >= 11 is 0. The molecule has 29 heavy (non-hydrogen) atoms. The zero-order chi connectivity index (χ0) is 22.2. The van der Waals surface area contributed by atoms with Crippen LogP contribution in [-0.2, 0) is 9.47 Å². The van der Waals surface area contributed by atoms with Gasteiger partial charge in [-0.25, -0.2) is 0 Å². The minimum absolute atomic E-state index is 0.0366. The van der Waals surface area contributed by atoms with E-state index in [1.54, 1.807) is 0 Å². The van der Waals surface area contributed by atoms with Crippen molar-refractivity contribution < 1.29 is 9.47 Å². The van der Waals surface area contributed by atoms with Crippen LogP contribution in [0.2, 0.25) is 36.3 Å². The molecular formula is C25H48O2Si2. The summed E-state index contributed by atoms with van der Waals surface area (Å²) in [6.07, 6.45) is 9.91. The molecule has 1 unspecified atom stereocenters. The number of rotatable bonds is 10. The fraction of sp³-hybridized carbons (Fsp3) is 0.840. The van der Waals surface area contributed by atoms with Crippen molar-refractivity contribution >= 4 is 16.1 Å². The summed E-state index contributed by atoms with van der Waals surface area (Å²) in [6.45, 7) is 17.4. The summed E-state index contributed by atoms with van der Waals surface area (Å²) in [5.41, 5.74) is 6.66. The molecule has 0 spiro atoms. The highest BCUT2D eigenvalue weighted by molar-refractivity contribution is 6.87. The fourth-order valence-corrected chi connectivity index (χ4v) is 8.28. The number of hydrogen-bond acceptors (Lipinski definition) is 2. The van der Waals surface area contributed by atoms with Gasteiger partial charge in [0.05, 0.1) is 6.61 Å². The van der Waals surface area contributed by atoms with E-state index in [-0.39, 0.29) is 6.29 Å². The summed E-state index contributed by atoms with van der Waals surface area (Å²) < 4.78 is 11.4. The molecule has 0 amide bonds. The minimum Gasteiger partial charge on any atom is -0.353 e. The Bertz CT molecular complexity index is 485. The maximum atomic E-state index is 5.83. The third kappa shape index (κ3) is 10.9. The standard InChI is InChI=1S/C17H32O2Si.C8H16Si/c1-5-20(6-2,7-3)14-10-11-16(4)15-19-17-12-8-9-13-18-17;1-5-9(6-2,7-3)8-4/h16-17H,5-9,11-13,15H2,1-4H3;1H,6-8H2,2-4H3/t16-,17?;/m1./s1. The molecule has 1 fully saturated rings. The lowest BCUT2D eigenvalue weighted by Gasteiger charge is -2.24. The fourth-order valence-electron chi connectivity index (χ4n) is 3.66. The lowest BCUT2D eigenvalue weighted by atomic mass is 10.1. The van der Waals surface area contributed by atoms with Crippen LogP contribution < -0.4 is 0 Å². The first-order chi connectivity index (χ1) is 13.9. The quantitative estimate of drug-likeness (QED) is 0.265. The zero-order valence-corrected chi connectivity index (χ0v) is 22.5. The zero-order valence-electron chi connectivity index (χ0n) is 20.5. The van der Waals surface area contributed by atoms with Crippen LogP contribution in [0.4, 0.5) is 0 Å². The van der Waals surface area contributed by atoms with Crippen LogP contribution in [0.3, 0.4) is 0 Å². The van der Waals surface area contributed by atoms with E-state index in [0.717, 1.165) is 26.1 Å². The Morgan fingerprint density at radius 2 is 1.48 bits per heavy atom. The maximum absolute atomic E-state index is 5.83. The second-order valence-electron chi connectivity index (χ2n) is 8.57. The summed E-state index contributed by atoms with van der Waals surface area (Å²) in [5.74, 6) is 3.96. The second-order valence-corrected chi connectivity index (χ2v) is 18.5. The lowest BCUT2D eigenvalue weighted by Crippen LogP contribution is -2.29. The SMILES string of the molecule is C#C[Si](CC)(CC)CC.CC[Si](C#CC[C@@H](C)COC1CCCCO1)(CC)CC. The van der Waals surface area contributed by atoms with Crippen LogP contribution in [0.1, 0.15) is 74.1 Å². The van der Waals surface area contributed by atoms with Crippen molar-refractivity contribution in [1.82, 2.24) is 0 Å². The van der Waals surface area contributed by atoms with Crippen molar-refractivity contribution in [1.29, 1.82) is 0 Å². The van der Waals surface area contributed by atoms with Gasteiger partial charge in [0.15, 0.2) is 6.29 Å². The van der Waals surface area contributed by atoms with E-state index in [9.17, 15) is 0 Å². The van der Waals surface area contributed by atoms with E-state index in [2.05, 4.69) is 65.5 Å². The van der Waals surface area contributed by atoms with Crippen molar-refractivity contribution in [2.75, 3.05) is 13.2 Å². The summed E-state index contributed by atoms with van der Waals surface area (Å²) in [6, 6.07) is 7.60. The Kier molecular flexibility index (Phi) is 15.9. The van der Waals surface area contributed by atoms with Gasteiger partial charge in [0.1, 0.15) is 16.1 Å². The summed E-state index contributed by atoms with van der Waals surface area (Å²) in [7, 11) is -2.43. The van der Waals surface area contributed by atoms with Crippen molar-refractivity contribution in [3.8, 4) is 23.4 Å². The highest BCUT2D eigenvalue weighted by atomic mass is 28.3.